The summed E-state index contributed by atoms with van der Waals surface area (Å²) >= 11 is 0. The number of nitrogens with one attached hydrogen (secondary N) is 1. The topological polar surface area (TPSA) is 15.3 Å². The average Bonchev–Trinajstić information content (AvgIpc) is 2.40. The van der Waals surface area contributed by atoms with Gasteiger partial charge in [-0.2, -0.15) is 0 Å². The van der Waals surface area contributed by atoms with Gasteiger partial charge in [0.05, 0.1) is 0 Å². The molecule has 2 heteroatoms. The van der Waals surface area contributed by atoms with Crippen LogP contribution in [0.2, 0.25) is 0 Å². The lowest BCUT2D eigenvalue weighted by Gasteiger charge is -2.31. The van der Waals surface area contributed by atoms with Gasteiger partial charge in [-0.3, -0.25) is 4.90 Å². The molecule has 0 aromatic heterocycles. The van der Waals surface area contributed by atoms with Gasteiger partial charge in [-0.1, -0.05) is 44.2 Å². The first kappa shape index (κ1) is 14.5. The van der Waals surface area contributed by atoms with E-state index in [9.17, 15) is 0 Å². The lowest BCUT2D eigenvalue weighted by Crippen LogP contribution is -2.37. The van der Waals surface area contributed by atoms with E-state index in [1.54, 1.807) is 0 Å². The predicted molar refractivity (Wildman–Crippen MR) is 82.2 cm³/mol. The Balaban J connectivity index is 1.91. The number of benzene rings is 1. The van der Waals surface area contributed by atoms with Crippen LogP contribution in [0.3, 0.4) is 0 Å². The zero-order chi connectivity index (χ0) is 13.5. The van der Waals surface area contributed by atoms with Crippen molar-refractivity contribution in [3.63, 3.8) is 0 Å². The lowest BCUT2D eigenvalue weighted by atomic mass is 9.97. The molecule has 106 valence electrons. The zero-order valence-electron chi connectivity index (χ0n) is 12.4. The fraction of sp³-hybridized carbons (Fsp3) is 0.647. The molecule has 1 fully saturated rings. The third kappa shape index (κ3) is 5.33. The second kappa shape index (κ2) is 7.66. The lowest BCUT2D eigenvalue weighted by molar-refractivity contribution is 0.181. The van der Waals surface area contributed by atoms with Crippen LogP contribution in [-0.4, -0.2) is 31.1 Å². The van der Waals surface area contributed by atoms with Crippen LogP contribution in [0.5, 0.6) is 0 Å². The molecule has 0 aliphatic carbocycles. The van der Waals surface area contributed by atoms with Crippen LogP contribution in [0.1, 0.15) is 32.3 Å². The van der Waals surface area contributed by atoms with Crippen LogP contribution < -0.4 is 5.32 Å². The fourth-order valence-electron chi connectivity index (χ4n) is 2.99. The van der Waals surface area contributed by atoms with Crippen molar-refractivity contribution in [3.8, 4) is 0 Å². The molecule has 1 aliphatic heterocycles. The molecule has 1 aromatic carbocycles. The van der Waals surface area contributed by atoms with Gasteiger partial charge in [-0.05, 0) is 43.3 Å². The summed E-state index contributed by atoms with van der Waals surface area (Å²) in [6.07, 6.45) is 2.67. The fourth-order valence-corrected chi connectivity index (χ4v) is 2.99. The Morgan fingerprint density at radius 1 is 1.16 bits per heavy atom. The summed E-state index contributed by atoms with van der Waals surface area (Å²) in [7, 11) is 0. The van der Waals surface area contributed by atoms with Crippen molar-refractivity contribution in [2.75, 3.05) is 26.2 Å². The zero-order valence-corrected chi connectivity index (χ0v) is 12.4. The molecular formula is C17H28N2. The maximum absolute atomic E-state index is 3.46. The van der Waals surface area contributed by atoms with Gasteiger partial charge in [0.1, 0.15) is 0 Å². The average molecular weight is 260 g/mol. The van der Waals surface area contributed by atoms with Crippen molar-refractivity contribution >= 4 is 0 Å². The second-order valence-electron chi connectivity index (χ2n) is 6.27. The largest absolute Gasteiger partial charge is 0.317 e. The number of rotatable bonds is 6. The smallest absolute Gasteiger partial charge is 0.0233 e. The van der Waals surface area contributed by atoms with E-state index >= 15 is 0 Å². The predicted octanol–water partition coefficient (Wildman–Crippen LogP) is 3.14. The van der Waals surface area contributed by atoms with Crippen molar-refractivity contribution in [2.45, 2.75) is 33.2 Å². The van der Waals surface area contributed by atoms with Crippen molar-refractivity contribution in [2.24, 2.45) is 11.8 Å². The van der Waals surface area contributed by atoms with Crippen LogP contribution in [0.15, 0.2) is 30.3 Å². The molecule has 2 rings (SSSR count). The van der Waals surface area contributed by atoms with E-state index in [-0.39, 0.29) is 0 Å². The van der Waals surface area contributed by atoms with Gasteiger partial charge in [0, 0.05) is 19.6 Å². The summed E-state index contributed by atoms with van der Waals surface area (Å²) in [5.41, 5.74) is 1.44. The molecule has 1 heterocycles. The summed E-state index contributed by atoms with van der Waals surface area (Å²) in [4.78, 5) is 2.65. The van der Waals surface area contributed by atoms with Crippen molar-refractivity contribution in [3.05, 3.63) is 35.9 Å². The summed E-state index contributed by atoms with van der Waals surface area (Å²) in [5, 5.41) is 3.46. The molecule has 1 aromatic rings. The van der Waals surface area contributed by atoms with Crippen LogP contribution in [0.25, 0.3) is 0 Å². The maximum atomic E-state index is 3.46. The first-order valence-corrected chi connectivity index (χ1v) is 7.71. The molecular weight excluding hydrogens is 232 g/mol. The van der Waals surface area contributed by atoms with Gasteiger partial charge >= 0.3 is 0 Å². The Labute approximate surface area is 118 Å². The van der Waals surface area contributed by atoms with Gasteiger partial charge in [0.25, 0.3) is 0 Å². The summed E-state index contributed by atoms with van der Waals surface area (Å²) in [5.74, 6) is 1.62. The first-order chi connectivity index (χ1) is 9.24. The normalized spacial score (nSPS) is 17.3. The molecule has 0 saturated carbocycles. The molecule has 0 bridgehead atoms. The third-order valence-corrected chi connectivity index (χ3v) is 3.85. The SMILES string of the molecule is CC(C)CN(Cc1ccccc1)CC1CCNCC1. The summed E-state index contributed by atoms with van der Waals surface area (Å²) in [6.45, 7) is 10.6. The molecule has 1 saturated heterocycles. The van der Waals surface area contributed by atoms with Gasteiger partial charge in [-0.25, -0.2) is 0 Å². The Hall–Kier alpha value is -0.860. The van der Waals surface area contributed by atoms with Gasteiger partial charge in [0.2, 0.25) is 0 Å². The second-order valence-corrected chi connectivity index (χ2v) is 6.27. The number of hydrogen-bond donors (Lipinski definition) is 1. The molecule has 0 spiro atoms. The standard InChI is InChI=1S/C17H28N2/c1-15(2)12-19(13-16-6-4-3-5-7-16)14-17-8-10-18-11-9-17/h3-7,15,17-18H,8-14H2,1-2H3. The number of hydrogen-bond acceptors (Lipinski definition) is 2. The van der Waals surface area contributed by atoms with Crippen molar-refractivity contribution in [1.82, 2.24) is 10.2 Å². The van der Waals surface area contributed by atoms with E-state index in [0.717, 1.165) is 18.4 Å². The molecule has 0 unspecified atom stereocenters. The van der Waals surface area contributed by atoms with Gasteiger partial charge < -0.3 is 5.32 Å². The Bertz CT molecular complexity index is 342. The van der Waals surface area contributed by atoms with Crippen molar-refractivity contribution in [1.29, 1.82) is 0 Å². The summed E-state index contributed by atoms with van der Waals surface area (Å²) in [6, 6.07) is 10.9. The van der Waals surface area contributed by atoms with Crippen LogP contribution >= 0.6 is 0 Å². The van der Waals surface area contributed by atoms with E-state index < -0.39 is 0 Å². The highest BCUT2D eigenvalue weighted by Crippen LogP contribution is 2.16. The molecule has 2 nitrogen and oxygen atoms in total. The van der Waals surface area contributed by atoms with Gasteiger partial charge in [0.15, 0.2) is 0 Å². The molecule has 19 heavy (non-hydrogen) atoms. The van der Waals surface area contributed by atoms with Crippen LogP contribution in [0, 0.1) is 11.8 Å². The van der Waals surface area contributed by atoms with Crippen molar-refractivity contribution < 1.29 is 0 Å². The maximum Gasteiger partial charge on any atom is 0.0233 e. The van der Waals surface area contributed by atoms with E-state index in [4.69, 9.17) is 0 Å². The van der Waals surface area contributed by atoms with Crippen LogP contribution in [-0.2, 0) is 6.54 Å². The highest BCUT2D eigenvalue weighted by molar-refractivity contribution is 5.14. The minimum atomic E-state index is 0.741. The third-order valence-electron chi connectivity index (χ3n) is 3.85. The number of piperidine rings is 1. The Morgan fingerprint density at radius 3 is 2.47 bits per heavy atom. The van der Waals surface area contributed by atoms with E-state index in [1.807, 2.05) is 0 Å². The molecule has 0 radical (unpaired) electrons. The highest BCUT2D eigenvalue weighted by Gasteiger charge is 2.17. The minimum absolute atomic E-state index is 0.741. The Morgan fingerprint density at radius 2 is 1.84 bits per heavy atom. The molecule has 0 atom stereocenters. The minimum Gasteiger partial charge on any atom is -0.317 e. The van der Waals surface area contributed by atoms with E-state index in [2.05, 4.69) is 54.4 Å². The van der Waals surface area contributed by atoms with Gasteiger partial charge in [-0.15, -0.1) is 0 Å². The quantitative estimate of drug-likeness (QED) is 0.845. The molecule has 1 aliphatic rings. The number of nitrogens with zero attached hydrogens (tertiary/aromatic N) is 1. The first-order valence-electron chi connectivity index (χ1n) is 7.71. The molecule has 1 N–H and O–H groups in total. The van der Waals surface area contributed by atoms with E-state index in [1.165, 1.54) is 44.6 Å². The van der Waals surface area contributed by atoms with E-state index in [0.29, 0.717) is 0 Å². The highest BCUT2D eigenvalue weighted by atomic mass is 15.1. The summed E-state index contributed by atoms with van der Waals surface area (Å²) < 4.78 is 0. The Kier molecular flexibility index (Phi) is 5.87. The molecule has 0 amide bonds. The van der Waals surface area contributed by atoms with Crippen LogP contribution in [0.4, 0.5) is 0 Å². The monoisotopic (exact) mass is 260 g/mol.